The van der Waals surface area contributed by atoms with Gasteiger partial charge in [0.15, 0.2) is 4.80 Å². The molecule has 1 aromatic heterocycles. The van der Waals surface area contributed by atoms with Crippen LogP contribution in [-0.4, -0.2) is 15.4 Å². The first-order chi connectivity index (χ1) is 12.4. The van der Waals surface area contributed by atoms with E-state index >= 15 is 0 Å². The Kier molecular flexibility index (Phi) is 5.22. The number of nitro benzene ring substituents is 1. The Morgan fingerprint density at radius 2 is 2.08 bits per heavy atom. The quantitative estimate of drug-likeness (QED) is 0.352. The van der Waals surface area contributed by atoms with Gasteiger partial charge in [-0.25, -0.2) is 0 Å². The molecule has 0 bridgehead atoms. The Bertz CT molecular complexity index is 1120. The van der Waals surface area contributed by atoms with Crippen molar-refractivity contribution in [2.24, 2.45) is 4.99 Å². The lowest BCUT2D eigenvalue weighted by Crippen LogP contribution is -2.16. The summed E-state index contributed by atoms with van der Waals surface area (Å²) >= 11 is 13.2. The minimum Gasteiger partial charge on any atom is -0.312 e. The number of carbonyl (C=O) groups is 1. The van der Waals surface area contributed by atoms with Crippen LogP contribution in [0.25, 0.3) is 10.2 Å². The molecule has 0 saturated heterocycles. The van der Waals surface area contributed by atoms with Gasteiger partial charge < -0.3 is 4.57 Å². The van der Waals surface area contributed by atoms with Crippen molar-refractivity contribution in [2.75, 3.05) is 0 Å². The molecule has 0 radical (unpaired) electrons. The summed E-state index contributed by atoms with van der Waals surface area (Å²) < 4.78 is 2.46. The standard InChI is InChI=1S/C17H11Cl2N3O3S/c1-2-7-21-14-9-11(22(24)25)4-6-15(14)26-17(21)20-16(23)12-8-10(18)3-5-13(12)19/h2-6,8-9H,1,7H2. The van der Waals surface area contributed by atoms with Gasteiger partial charge in [0.25, 0.3) is 11.6 Å². The largest absolute Gasteiger partial charge is 0.312 e. The highest BCUT2D eigenvalue weighted by Gasteiger charge is 2.14. The van der Waals surface area contributed by atoms with E-state index < -0.39 is 10.8 Å². The SMILES string of the molecule is C=CCn1c(=NC(=O)c2cc(Cl)ccc2Cl)sc2ccc([N+](=O)[O-])cc21. The van der Waals surface area contributed by atoms with E-state index in [0.717, 1.165) is 4.70 Å². The van der Waals surface area contributed by atoms with Gasteiger partial charge in [0, 0.05) is 23.7 Å². The van der Waals surface area contributed by atoms with E-state index in [4.69, 9.17) is 23.2 Å². The van der Waals surface area contributed by atoms with Crippen LogP contribution >= 0.6 is 34.5 Å². The van der Waals surface area contributed by atoms with Crippen molar-refractivity contribution in [3.8, 4) is 0 Å². The summed E-state index contributed by atoms with van der Waals surface area (Å²) in [5.41, 5.74) is 0.754. The molecule has 0 fully saturated rings. The highest BCUT2D eigenvalue weighted by atomic mass is 35.5. The summed E-state index contributed by atoms with van der Waals surface area (Å²) in [6.45, 7) is 4.03. The zero-order valence-electron chi connectivity index (χ0n) is 13.2. The van der Waals surface area contributed by atoms with Crippen LogP contribution in [0.3, 0.4) is 0 Å². The fourth-order valence-electron chi connectivity index (χ4n) is 2.37. The number of fused-ring (bicyclic) bond motifs is 1. The first kappa shape index (κ1) is 18.3. The monoisotopic (exact) mass is 407 g/mol. The third kappa shape index (κ3) is 3.55. The van der Waals surface area contributed by atoms with E-state index in [9.17, 15) is 14.9 Å². The molecule has 26 heavy (non-hydrogen) atoms. The van der Waals surface area contributed by atoms with E-state index in [1.807, 2.05) is 0 Å². The second-order valence-electron chi connectivity index (χ2n) is 5.23. The number of benzene rings is 2. The van der Waals surface area contributed by atoms with Crippen molar-refractivity contribution in [3.05, 3.63) is 79.6 Å². The Hall–Kier alpha value is -2.48. The van der Waals surface area contributed by atoms with Crippen molar-refractivity contribution in [1.82, 2.24) is 4.57 Å². The lowest BCUT2D eigenvalue weighted by atomic mass is 10.2. The summed E-state index contributed by atoms with van der Waals surface area (Å²) in [6.07, 6.45) is 1.63. The Morgan fingerprint density at radius 1 is 1.31 bits per heavy atom. The van der Waals surface area contributed by atoms with Gasteiger partial charge in [-0.2, -0.15) is 4.99 Å². The number of hydrogen-bond acceptors (Lipinski definition) is 4. The summed E-state index contributed by atoms with van der Waals surface area (Å²) in [5.74, 6) is -0.545. The summed E-state index contributed by atoms with van der Waals surface area (Å²) in [4.78, 5) is 27.6. The second-order valence-corrected chi connectivity index (χ2v) is 7.09. The first-order valence-electron chi connectivity index (χ1n) is 7.33. The van der Waals surface area contributed by atoms with Gasteiger partial charge in [-0.1, -0.05) is 40.6 Å². The molecule has 0 N–H and O–H groups in total. The van der Waals surface area contributed by atoms with Gasteiger partial charge in [0.2, 0.25) is 0 Å². The van der Waals surface area contributed by atoms with Gasteiger partial charge in [-0.15, -0.1) is 6.58 Å². The number of nitrogens with zero attached hydrogens (tertiary/aromatic N) is 3. The van der Waals surface area contributed by atoms with Crippen molar-refractivity contribution in [1.29, 1.82) is 0 Å². The van der Waals surface area contributed by atoms with Crippen molar-refractivity contribution in [3.63, 3.8) is 0 Å². The predicted molar refractivity (Wildman–Crippen MR) is 103 cm³/mol. The number of rotatable bonds is 4. The molecule has 3 rings (SSSR count). The Morgan fingerprint density at radius 3 is 2.77 bits per heavy atom. The molecule has 0 spiro atoms. The number of hydrogen-bond donors (Lipinski definition) is 0. The summed E-state index contributed by atoms with van der Waals surface area (Å²) in [5, 5.41) is 11.6. The molecule has 9 heteroatoms. The molecule has 2 aromatic carbocycles. The van der Waals surface area contributed by atoms with Crippen LogP contribution in [-0.2, 0) is 6.54 Å². The van der Waals surface area contributed by atoms with Crippen LogP contribution in [0.4, 0.5) is 5.69 Å². The molecule has 132 valence electrons. The highest BCUT2D eigenvalue weighted by Crippen LogP contribution is 2.24. The van der Waals surface area contributed by atoms with Gasteiger partial charge in [-0.3, -0.25) is 14.9 Å². The molecule has 0 unspecified atom stereocenters. The fraction of sp³-hybridized carbons (Fsp3) is 0.0588. The van der Waals surface area contributed by atoms with Gasteiger partial charge in [-0.05, 0) is 24.3 Å². The third-order valence-electron chi connectivity index (χ3n) is 3.54. The lowest BCUT2D eigenvalue weighted by Gasteiger charge is -2.02. The van der Waals surface area contributed by atoms with Crippen LogP contribution in [0.2, 0.25) is 10.0 Å². The number of carbonyl (C=O) groups excluding carboxylic acids is 1. The highest BCUT2D eigenvalue weighted by molar-refractivity contribution is 7.16. The third-order valence-corrected chi connectivity index (χ3v) is 5.17. The molecule has 3 aromatic rings. The van der Waals surface area contributed by atoms with Gasteiger partial charge in [0.1, 0.15) is 0 Å². The van der Waals surface area contributed by atoms with Crippen LogP contribution in [0.1, 0.15) is 10.4 Å². The van der Waals surface area contributed by atoms with Crippen molar-refractivity contribution < 1.29 is 9.72 Å². The molecule has 1 amide bonds. The molecule has 0 saturated carbocycles. The van der Waals surface area contributed by atoms with E-state index in [0.29, 0.717) is 21.9 Å². The average molecular weight is 408 g/mol. The number of halogens is 2. The van der Waals surface area contributed by atoms with Crippen LogP contribution < -0.4 is 4.80 Å². The topological polar surface area (TPSA) is 77.5 Å². The van der Waals surface area contributed by atoms with Crippen LogP contribution in [0.5, 0.6) is 0 Å². The zero-order valence-corrected chi connectivity index (χ0v) is 15.5. The Balaban J connectivity index is 2.19. The fourth-order valence-corrected chi connectivity index (χ4v) is 3.76. The van der Waals surface area contributed by atoms with Crippen molar-refractivity contribution >= 4 is 56.3 Å². The Labute approximate surface area is 161 Å². The minimum atomic E-state index is -0.545. The van der Waals surface area contributed by atoms with Crippen LogP contribution in [0.15, 0.2) is 54.0 Å². The predicted octanol–water partition coefficient (Wildman–Crippen LogP) is 4.84. The molecule has 0 aliphatic heterocycles. The minimum absolute atomic E-state index is 0.0381. The molecule has 0 aliphatic carbocycles. The number of amides is 1. The molecular formula is C17H11Cl2N3O3S. The molecular weight excluding hydrogens is 397 g/mol. The maximum absolute atomic E-state index is 12.5. The number of nitro groups is 1. The van der Waals surface area contributed by atoms with Crippen molar-refractivity contribution in [2.45, 2.75) is 6.54 Å². The van der Waals surface area contributed by atoms with Gasteiger partial charge >= 0.3 is 0 Å². The number of allylic oxidation sites excluding steroid dienone is 1. The average Bonchev–Trinajstić information content (AvgIpc) is 2.94. The molecule has 0 atom stereocenters. The maximum atomic E-state index is 12.5. The molecule has 6 nitrogen and oxygen atoms in total. The van der Waals surface area contributed by atoms with Crippen LogP contribution in [0, 0.1) is 10.1 Å². The number of thiazole rings is 1. The normalized spacial score (nSPS) is 11.7. The van der Waals surface area contributed by atoms with E-state index in [1.54, 1.807) is 22.8 Å². The smallest absolute Gasteiger partial charge is 0.281 e. The first-order valence-corrected chi connectivity index (χ1v) is 8.90. The van der Waals surface area contributed by atoms with E-state index in [2.05, 4.69) is 11.6 Å². The molecule has 1 heterocycles. The van der Waals surface area contributed by atoms with E-state index in [-0.39, 0.29) is 16.3 Å². The zero-order chi connectivity index (χ0) is 18.8. The lowest BCUT2D eigenvalue weighted by molar-refractivity contribution is -0.384. The van der Waals surface area contributed by atoms with Gasteiger partial charge in [0.05, 0.1) is 25.7 Å². The maximum Gasteiger partial charge on any atom is 0.281 e. The second kappa shape index (κ2) is 7.41. The molecule has 0 aliphatic rings. The number of non-ortho nitro benzene ring substituents is 1. The number of aromatic nitrogens is 1. The summed E-state index contributed by atoms with van der Waals surface area (Å²) in [6, 6.07) is 9.05. The summed E-state index contributed by atoms with van der Waals surface area (Å²) in [7, 11) is 0. The van der Waals surface area contributed by atoms with E-state index in [1.165, 1.54) is 35.6 Å².